The van der Waals surface area contributed by atoms with E-state index < -0.39 is 16.0 Å². The van der Waals surface area contributed by atoms with Gasteiger partial charge >= 0.3 is 5.97 Å². The summed E-state index contributed by atoms with van der Waals surface area (Å²) in [5.41, 5.74) is 0.424. The molecule has 2 aromatic carbocycles. The third-order valence-corrected chi connectivity index (χ3v) is 5.34. The van der Waals surface area contributed by atoms with Crippen molar-refractivity contribution in [1.29, 1.82) is 0 Å². The molecule has 0 aliphatic rings. The number of hydrogen-bond donors (Lipinski definition) is 1. The molecule has 0 aromatic heterocycles. The van der Waals surface area contributed by atoms with Crippen LogP contribution in [-0.4, -0.2) is 26.0 Å². The van der Waals surface area contributed by atoms with Crippen LogP contribution in [0.1, 0.15) is 6.42 Å². The van der Waals surface area contributed by atoms with Crippen molar-refractivity contribution in [3.05, 3.63) is 59.1 Å². The number of carbonyl (C=O) groups is 1. The van der Waals surface area contributed by atoms with E-state index in [-0.39, 0.29) is 17.9 Å². The van der Waals surface area contributed by atoms with Crippen molar-refractivity contribution in [3.8, 4) is 0 Å². The minimum atomic E-state index is -3.81. The molecule has 0 radical (unpaired) electrons. The van der Waals surface area contributed by atoms with Crippen LogP contribution in [0.3, 0.4) is 0 Å². The molecule has 0 bridgehead atoms. The van der Waals surface area contributed by atoms with Crippen LogP contribution in [-0.2, 0) is 14.8 Å². The fraction of sp³-hybridized carbons (Fsp3) is 0.133. The van der Waals surface area contributed by atoms with Gasteiger partial charge < -0.3 is 5.11 Å². The first kappa shape index (κ1) is 16.5. The van der Waals surface area contributed by atoms with Crippen molar-refractivity contribution in [1.82, 2.24) is 0 Å². The molecule has 116 valence electrons. The fourth-order valence-corrected chi connectivity index (χ4v) is 3.66. The molecule has 0 heterocycles. The summed E-state index contributed by atoms with van der Waals surface area (Å²) in [4.78, 5) is 11.0. The van der Waals surface area contributed by atoms with Gasteiger partial charge in [0.15, 0.2) is 0 Å². The molecule has 0 aliphatic heterocycles. The second kappa shape index (κ2) is 6.93. The Morgan fingerprint density at radius 3 is 2.18 bits per heavy atom. The Balaban J connectivity index is 2.43. The maximum Gasteiger partial charge on any atom is 0.305 e. The number of rotatable bonds is 6. The third-order valence-electron chi connectivity index (χ3n) is 2.97. The third kappa shape index (κ3) is 3.86. The van der Waals surface area contributed by atoms with Crippen LogP contribution in [0.15, 0.2) is 64.0 Å². The van der Waals surface area contributed by atoms with Crippen LogP contribution < -0.4 is 4.31 Å². The summed E-state index contributed by atoms with van der Waals surface area (Å²) in [5.74, 6) is -1.05. The van der Waals surface area contributed by atoms with E-state index in [1.807, 2.05) is 0 Å². The van der Waals surface area contributed by atoms with E-state index in [1.165, 1.54) is 12.1 Å². The molecular formula is C15H14BrNO4S. The maximum absolute atomic E-state index is 12.8. The van der Waals surface area contributed by atoms with Gasteiger partial charge in [-0.25, -0.2) is 8.42 Å². The zero-order valence-electron chi connectivity index (χ0n) is 11.5. The van der Waals surface area contributed by atoms with Crippen molar-refractivity contribution in [2.45, 2.75) is 11.3 Å². The minimum absolute atomic E-state index is 0.128. The molecule has 0 atom stereocenters. The average Bonchev–Trinajstić information content (AvgIpc) is 2.49. The summed E-state index contributed by atoms with van der Waals surface area (Å²) in [7, 11) is -3.81. The summed E-state index contributed by atoms with van der Waals surface area (Å²) in [6.45, 7) is -0.131. The number of nitrogens with zero attached hydrogens (tertiary/aromatic N) is 1. The lowest BCUT2D eigenvalue weighted by atomic mass is 10.3. The number of hydrogen-bond acceptors (Lipinski definition) is 3. The highest BCUT2D eigenvalue weighted by atomic mass is 79.9. The Morgan fingerprint density at radius 2 is 1.64 bits per heavy atom. The molecule has 0 spiro atoms. The molecule has 0 aliphatic carbocycles. The van der Waals surface area contributed by atoms with Crippen LogP contribution >= 0.6 is 15.9 Å². The van der Waals surface area contributed by atoms with Crippen molar-refractivity contribution in [2.24, 2.45) is 0 Å². The number of carboxylic acid groups (broad SMARTS) is 1. The average molecular weight is 384 g/mol. The Kier molecular flexibility index (Phi) is 5.20. The van der Waals surface area contributed by atoms with Gasteiger partial charge in [0.1, 0.15) is 0 Å². The van der Waals surface area contributed by atoms with E-state index in [2.05, 4.69) is 15.9 Å². The Bertz CT molecular complexity index is 745. The lowest BCUT2D eigenvalue weighted by Gasteiger charge is -2.24. The van der Waals surface area contributed by atoms with Gasteiger partial charge in [0.05, 0.1) is 17.0 Å². The Labute approximate surface area is 137 Å². The first-order valence-corrected chi connectivity index (χ1v) is 8.70. The van der Waals surface area contributed by atoms with E-state index >= 15 is 0 Å². The molecule has 0 saturated carbocycles. The molecule has 0 unspecified atom stereocenters. The van der Waals surface area contributed by atoms with Gasteiger partial charge in [-0.3, -0.25) is 9.10 Å². The zero-order valence-corrected chi connectivity index (χ0v) is 13.9. The summed E-state index contributed by atoms with van der Waals surface area (Å²) < 4.78 is 27.4. The smallest absolute Gasteiger partial charge is 0.305 e. The number of aliphatic carboxylic acids is 1. The summed E-state index contributed by atoms with van der Waals surface area (Å²) in [5, 5.41) is 8.86. The molecule has 0 fully saturated rings. The first-order valence-electron chi connectivity index (χ1n) is 6.46. The highest BCUT2D eigenvalue weighted by Crippen LogP contribution is 2.25. The first-order chi connectivity index (χ1) is 10.4. The van der Waals surface area contributed by atoms with Crippen LogP contribution in [0, 0.1) is 0 Å². The second-order valence-electron chi connectivity index (χ2n) is 4.51. The molecule has 2 rings (SSSR count). The summed E-state index contributed by atoms with van der Waals surface area (Å²) in [6.07, 6.45) is -0.276. The quantitative estimate of drug-likeness (QED) is 0.831. The fourth-order valence-electron chi connectivity index (χ4n) is 1.91. The van der Waals surface area contributed by atoms with Crippen molar-refractivity contribution in [2.75, 3.05) is 10.8 Å². The molecule has 1 N–H and O–H groups in total. The highest BCUT2D eigenvalue weighted by molar-refractivity contribution is 9.10. The topological polar surface area (TPSA) is 74.7 Å². The van der Waals surface area contributed by atoms with Crippen molar-refractivity contribution >= 4 is 37.6 Å². The number of carboxylic acids is 1. The van der Waals surface area contributed by atoms with Gasteiger partial charge in [0, 0.05) is 11.0 Å². The molecule has 7 heteroatoms. The van der Waals surface area contributed by atoms with E-state index in [9.17, 15) is 13.2 Å². The normalized spacial score (nSPS) is 11.1. The van der Waals surface area contributed by atoms with Crippen LogP contribution in [0.25, 0.3) is 0 Å². The van der Waals surface area contributed by atoms with Crippen molar-refractivity contribution in [3.63, 3.8) is 0 Å². The minimum Gasteiger partial charge on any atom is -0.481 e. The van der Waals surface area contributed by atoms with E-state index in [4.69, 9.17) is 5.11 Å². The Hall–Kier alpha value is -1.86. The molecule has 0 saturated heterocycles. The van der Waals surface area contributed by atoms with E-state index in [0.29, 0.717) is 5.69 Å². The molecule has 5 nitrogen and oxygen atoms in total. The SMILES string of the molecule is O=C(O)CCN(c1ccc(Br)cc1)S(=O)(=O)c1ccccc1. The van der Waals surface area contributed by atoms with Gasteiger partial charge in [0.25, 0.3) is 10.0 Å². The van der Waals surface area contributed by atoms with Crippen LogP contribution in [0.4, 0.5) is 5.69 Å². The number of sulfonamides is 1. The highest BCUT2D eigenvalue weighted by Gasteiger charge is 2.25. The van der Waals surface area contributed by atoms with Crippen LogP contribution in [0.5, 0.6) is 0 Å². The zero-order chi connectivity index (χ0) is 16.2. The molecular weight excluding hydrogens is 370 g/mol. The largest absolute Gasteiger partial charge is 0.481 e. The Morgan fingerprint density at radius 1 is 1.05 bits per heavy atom. The van der Waals surface area contributed by atoms with Gasteiger partial charge in [-0.1, -0.05) is 34.1 Å². The van der Waals surface area contributed by atoms with Gasteiger partial charge in [-0.05, 0) is 36.4 Å². The van der Waals surface area contributed by atoms with E-state index in [1.54, 1.807) is 42.5 Å². The van der Waals surface area contributed by atoms with Crippen molar-refractivity contribution < 1.29 is 18.3 Å². The predicted octanol–water partition coefficient (Wildman–Crippen LogP) is 3.12. The standard InChI is InChI=1S/C15H14BrNO4S/c16-12-6-8-13(9-7-12)17(11-10-15(18)19)22(20,21)14-4-2-1-3-5-14/h1-9H,10-11H2,(H,18,19). The monoisotopic (exact) mass is 383 g/mol. The van der Waals surface area contributed by atoms with Crippen LogP contribution in [0.2, 0.25) is 0 Å². The molecule has 2 aromatic rings. The molecule has 0 amide bonds. The number of benzene rings is 2. The lowest BCUT2D eigenvalue weighted by molar-refractivity contribution is -0.136. The number of anilines is 1. The summed E-state index contributed by atoms with van der Waals surface area (Å²) >= 11 is 3.29. The second-order valence-corrected chi connectivity index (χ2v) is 7.29. The summed E-state index contributed by atoms with van der Waals surface area (Å²) in [6, 6.07) is 14.6. The molecule has 22 heavy (non-hydrogen) atoms. The van der Waals surface area contributed by atoms with Gasteiger partial charge in [-0.2, -0.15) is 0 Å². The van der Waals surface area contributed by atoms with Gasteiger partial charge in [0.2, 0.25) is 0 Å². The predicted molar refractivity (Wildman–Crippen MR) is 87.4 cm³/mol. The van der Waals surface area contributed by atoms with E-state index in [0.717, 1.165) is 8.78 Å². The maximum atomic E-state index is 12.8. The lowest BCUT2D eigenvalue weighted by Crippen LogP contribution is -2.33. The number of halogens is 1. The van der Waals surface area contributed by atoms with Gasteiger partial charge in [-0.15, -0.1) is 0 Å².